The Hall–Kier alpha value is -5.12. The molecule has 0 spiro atoms. The maximum Gasteiger partial charge on any atom is 0.408 e. The molecule has 3 amide bonds. The van der Waals surface area contributed by atoms with E-state index in [0.29, 0.717) is 11.1 Å². The largest absolute Gasteiger partial charge is 0.508 e. The van der Waals surface area contributed by atoms with Crippen molar-refractivity contribution < 1.29 is 33.8 Å². The number of nitrogens with one attached hydrogen (secondary N) is 2. The van der Waals surface area contributed by atoms with Gasteiger partial charge in [0.2, 0.25) is 11.8 Å². The second kappa shape index (κ2) is 17.0. The molecule has 3 atom stereocenters. The molecule has 0 bridgehead atoms. The van der Waals surface area contributed by atoms with E-state index in [-0.39, 0.29) is 18.6 Å². The fourth-order valence-electron chi connectivity index (χ4n) is 5.34. The van der Waals surface area contributed by atoms with E-state index < -0.39 is 59.2 Å². The van der Waals surface area contributed by atoms with Gasteiger partial charge >= 0.3 is 12.1 Å². The Labute approximate surface area is 295 Å². The number of phenolic OH excluding ortho intramolecular Hbond substituents is 1. The molecule has 10 nitrogen and oxygen atoms in total. The zero-order chi connectivity index (χ0) is 37.2. The first kappa shape index (κ1) is 39.3. The molecule has 0 heterocycles. The molecule has 0 radical (unpaired) electrons. The average Bonchev–Trinajstić information content (AvgIpc) is 3.02. The van der Waals surface area contributed by atoms with Gasteiger partial charge in [0, 0.05) is 18.9 Å². The molecule has 0 aromatic heterocycles. The normalized spacial score (nSPS) is 13.4. The third kappa shape index (κ3) is 12.1. The SMILES string of the molecule is C=Cc1cccc(C(C(=O)NC(Cc2ccccc2)C(=O)OC(C)(C)C)N(C(=O)C(Cc2ccc(O)cc2)NC(=O)OC(C)(C)C)C(C)C)c1. The standard InChI is InChI=1S/C40H51N3O7/c1-10-27-17-14-18-30(23-27)34(35(45)41-33(37(47)49-39(4,5)6)25-28-15-12-11-13-16-28)43(26(2)3)36(46)32(42-38(48)50-40(7,8)9)24-29-19-21-31(44)22-20-29/h10-23,26,32-34,44H,1,24-25H2,2-9H3,(H,41,45)(H,42,48). The summed E-state index contributed by atoms with van der Waals surface area (Å²) in [7, 11) is 0. The van der Waals surface area contributed by atoms with Gasteiger partial charge in [-0.05, 0) is 95.8 Å². The van der Waals surface area contributed by atoms with Gasteiger partial charge in [0.1, 0.15) is 35.1 Å². The Morgan fingerprint density at radius 3 is 1.92 bits per heavy atom. The lowest BCUT2D eigenvalue weighted by Crippen LogP contribution is -2.57. The highest BCUT2D eigenvalue weighted by atomic mass is 16.6. The van der Waals surface area contributed by atoms with Gasteiger partial charge in [-0.2, -0.15) is 0 Å². The van der Waals surface area contributed by atoms with Crippen LogP contribution in [-0.2, 0) is 36.7 Å². The number of hydrogen-bond donors (Lipinski definition) is 3. The van der Waals surface area contributed by atoms with E-state index in [1.807, 2.05) is 36.4 Å². The van der Waals surface area contributed by atoms with E-state index in [4.69, 9.17) is 9.47 Å². The Morgan fingerprint density at radius 1 is 0.780 bits per heavy atom. The van der Waals surface area contributed by atoms with E-state index >= 15 is 0 Å². The van der Waals surface area contributed by atoms with Crippen molar-refractivity contribution in [3.8, 4) is 5.75 Å². The average molecular weight is 686 g/mol. The third-order valence-electron chi connectivity index (χ3n) is 7.46. The maximum atomic E-state index is 14.7. The van der Waals surface area contributed by atoms with Crippen LogP contribution in [0, 0.1) is 0 Å². The van der Waals surface area contributed by atoms with Crippen LogP contribution in [0.25, 0.3) is 6.08 Å². The highest BCUT2D eigenvalue weighted by molar-refractivity contribution is 5.94. The molecule has 3 rings (SSSR count). The van der Waals surface area contributed by atoms with Gasteiger partial charge in [-0.25, -0.2) is 9.59 Å². The summed E-state index contributed by atoms with van der Waals surface area (Å²) < 4.78 is 11.2. The molecule has 0 fully saturated rings. The van der Waals surface area contributed by atoms with Crippen LogP contribution in [0.3, 0.4) is 0 Å². The number of ether oxygens (including phenoxy) is 2. The molecule has 0 saturated carbocycles. The van der Waals surface area contributed by atoms with Crippen LogP contribution in [0.2, 0.25) is 0 Å². The Morgan fingerprint density at radius 2 is 1.36 bits per heavy atom. The summed E-state index contributed by atoms with van der Waals surface area (Å²) in [5.74, 6) is -1.73. The highest BCUT2D eigenvalue weighted by Crippen LogP contribution is 2.28. The van der Waals surface area contributed by atoms with Crippen molar-refractivity contribution in [1.29, 1.82) is 0 Å². The molecular formula is C40H51N3O7. The molecule has 0 aliphatic rings. The first-order chi connectivity index (χ1) is 23.4. The number of carbonyl (C=O) groups excluding carboxylic acids is 4. The van der Waals surface area contributed by atoms with Crippen molar-refractivity contribution in [2.45, 2.75) is 104 Å². The van der Waals surface area contributed by atoms with Gasteiger partial charge in [-0.3, -0.25) is 9.59 Å². The van der Waals surface area contributed by atoms with Gasteiger partial charge in [0.25, 0.3) is 0 Å². The van der Waals surface area contributed by atoms with Crippen LogP contribution in [0.4, 0.5) is 4.79 Å². The van der Waals surface area contributed by atoms with Crippen LogP contribution in [0.15, 0.2) is 85.4 Å². The fourth-order valence-corrected chi connectivity index (χ4v) is 5.34. The molecule has 0 saturated heterocycles. The number of rotatable bonds is 13. The van der Waals surface area contributed by atoms with Gasteiger partial charge in [-0.15, -0.1) is 0 Å². The number of carbonyl (C=O) groups is 4. The van der Waals surface area contributed by atoms with E-state index in [1.54, 1.807) is 91.8 Å². The Balaban J connectivity index is 2.12. The summed E-state index contributed by atoms with van der Waals surface area (Å²) in [5, 5.41) is 15.5. The molecule has 3 aromatic carbocycles. The molecule has 3 aromatic rings. The summed E-state index contributed by atoms with van der Waals surface area (Å²) in [6.07, 6.45) is 1.02. The highest BCUT2D eigenvalue weighted by Gasteiger charge is 2.39. The Bertz CT molecular complexity index is 1620. The lowest BCUT2D eigenvalue weighted by molar-refractivity contribution is -0.159. The minimum atomic E-state index is -1.23. The quantitative estimate of drug-likeness (QED) is 0.175. The van der Waals surface area contributed by atoms with Crippen molar-refractivity contribution in [2.24, 2.45) is 0 Å². The molecule has 3 N–H and O–H groups in total. The number of hydrogen-bond acceptors (Lipinski definition) is 7. The third-order valence-corrected chi connectivity index (χ3v) is 7.46. The minimum absolute atomic E-state index is 0.0388. The first-order valence-electron chi connectivity index (χ1n) is 16.8. The lowest BCUT2D eigenvalue weighted by atomic mass is 9.97. The second-order valence-corrected chi connectivity index (χ2v) is 14.5. The number of amides is 3. The molecular weight excluding hydrogens is 634 g/mol. The number of aromatic hydroxyl groups is 1. The molecule has 3 unspecified atom stereocenters. The summed E-state index contributed by atoms with van der Waals surface area (Å²) in [6, 6.07) is 18.6. The van der Waals surface area contributed by atoms with E-state index in [1.165, 1.54) is 17.0 Å². The van der Waals surface area contributed by atoms with Gasteiger partial charge < -0.3 is 30.1 Å². The molecule has 10 heteroatoms. The summed E-state index contributed by atoms with van der Waals surface area (Å²) in [5.41, 5.74) is 1.01. The predicted molar refractivity (Wildman–Crippen MR) is 194 cm³/mol. The Kier molecular flexibility index (Phi) is 13.4. The zero-order valence-corrected chi connectivity index (χ0v) is 30.4. The predicted octanol–water partition coefficient (Wildman–Crippen LogP) is 6.52. The number of benzene rings is 3. The van der Waals surface area contributed by atoms with Crippen LogP contribution >= 0.6 is 0 Å². The monoisotopic (exact) mass is 685 g/mol. The molecule has 50 heavy (non-hydrogen) atoms. The summed E-state index contributed by atoms with van der Waals surface area (Å²) >= 11 is 0. The summed E-state index contributed by atoms with van der Waals surface area (Å²) in [4.78, 5) is 57.4. The van der Waals surface area contributed by atoms with Gasteiger partial charge in [0.05, 0.1) is 0 Å². The topological polar surface area (TPSA) is 134 Å². The van der Waals surface area contributed by atoms with Crippen molar-refractivity contribution in [3.63, 3.8) is 0 Å². The lowest BCUT2D eigenvalue weighted by Gasteiger charge is -2.38. The molecule has 0 aliphatic heterocycles. The van der Waals surface area contributed by atoms with Gasteiger partial charge in [-0.1, -0.05) is 73.3 Å². The van der Waals surface area contributed by atoms with Crippen molar-refractivity contribution in [2.75, 3.05) is 0 Å². The van der Waals surface area contributed by atoms with Crippen molar-refractivity contribution in [1.82, 2.24) is 15.5 Å². The number of nitrogens with zero attached hydrogens (tertiary/aromatic N) is 1. The maximum absolute atomic E-state index is 14.7. The van der Waals surface area contributed by atoms with Gasteiger partial charge in [0.15, 0.2) is 0 Å². The van der Waals surface area contributed by atoms with Crippen LogP contribution in [-0.4, -0.2) is 63.2 Å². The van der Waals surface area contributed by atoms with Crippen molar-refractivity contribution in [3.05, 3.63) is 108 Å². The molecule has 268 valence electrons. The van der Waals surface area contributed by atoms with E-state index in [9.17, 15) is 24.3 Å². The smallest absolute Gasteiger partial charge is 0.408 e. The van der Waals surface area contributed by atoms with Crippen LogP contribution in [0.1, 0.15) is 83.7 Å². The van der Waals surface area contributed by atoms with Crippen molar-refractivity contribution >= 4 is 30.0 Å². The van der Waals surface area contributed by atoms with E-state index in [0.717, 1.165) is 11.1 Å². The second-order valence-electron chi connectivity index (χ2n) is 14.5. The number of esters is 1. The number of alkyl carbamates (subject to hydrolysis) is 1. The number of phenols is 1. The summed E-state index contributed by atoms with van der Waals surface area (Å²) in [6.45, 7) is 17.8. The van der Waals surface area contributed by atoms with Crippen LogP contribution in [0.5, 0.6) is 5.75 Å². The fraction of sp³-hybridized carbons (Fsp3) is 0.400. The molecule has 0 aliphatic carbocycles. The zero-order valence-electron chi connectivity index (χ0n) is 30.4. The first-order valence-corrected chi connectivity index (χ1v) is 16.8. The van der Waals surface area contributed by atoms with Crippen LogP contribution < -0.4 is 10.6 Å². The van der Waals surface area contributed by atoms with E-state index in [2.05, 4.69) is 17.2 Å². The minimum Gasteiger partial charge on any atom is -0.508 e.